The van der Waals surface area contributed by atoms with Crippen LogP contribution in [0, 0.1) is 0 Å². The molecule has 124 valence electrons. The fraction of sp³-hybridized carbons (Fsp3) is 0.357. The number of carbonyl (C=O) groups is 3. The Morgan fingerprint density at radius 3 is 1.45 bits per heavy atom. The molecule has 0 bridgehead atoms. The molecule has 0 aromatic rings. The van der Waals surface area contributed by atoms with Crippen LogP contribution in [0.25, 0.3) is 0 Å². The second-order valence-corrected chi connectivity index (χ2v) is 4.06. The molecule has 2 unspecified atom stereocenters. The topological polar surface area (TPSA) is 78.9 Å². The van der Waals surface area contributed by atoms with Crippen molar-refractivity contribution in [2.75, 3.05) is 18.6 Å². The first kappa shape index (κ1) is 22.6. The van der Waals surface area contributed by atoms with E-state index in [1.54, 1.807) is 0 Å². The average Bonchev–Trinajstić information content (AvgIpc) is 2.56. The largest absolute Gasteiger partial charge is 0.466 e. The Balaban J connectivity index is 0. The molecule has 0 saturated heterocycles. The molecule has 0 fully saturated rings. The average molecular weight is 348 g/mol. The first-order chi connectivity index (χ1) is 10.4. The van der Waals surface area contributed by atoms with Crippen molar-refractivity contribution < 1.29 is 28.6 Å². The van der Waals surface area contributed by atoms with Crippen molar-refractivity contribution in [3.8, 4) is 0 Å². The lowest BCUT2D eigenvalue weighted by atomic mass is 10.2. The highest BCUT2D eigenvalue weighted by atomic mass is 32.1. The summed E-state index contributed by atoms with van der Waals surface area (Å²) in [5, 5.41) is 0. The summed E-state index contributed by atoms with van der Waals surface area (Å²) in [7, 11) is 1.31. The quantitative estimate of drug-likeness (QED) is 0.227. The molecule has 22 heavy (non-hydrogen) atoms. The fourth-order valence-electron chi connectivity index (χ4n) is 0.960. The maximum absolute atomic E-state index is 11.0. The van der Waals surface area contributed by atoms with Gasteiger partial charge in [-0.2, -0.15) is 25.3 Å². The Morgan fingerprint density at radius 2 is 1.32 bits per heavy atom. The van der Waals surface area contributed by atoms with Crippen LogP contribution >= 0.6 is 25.3 Å². The zero-order valence-electron chi connectivity index (χ0n) is 12.3. The molecule has 0 aromatic carbocycles. The molecule has 0 spiro atoms. The summed E-state index contributed by atoms with van der Waals surface area (Å²) in [6.07, 6.45) is 2.31. The van der Waals surface area contributed by atoms with Crippen molar-refractivity contribution >= 4 is 43.2 Å². The first-order valence-electron chi connectivity index (χ1n) is 5.96. The normalized spacial score (nSPS) is 11.6. The van der Waals surface area contributed by atoms with Crippen LogP contribution in [0.1, 0.15) is 0 Å². The van der Waals surface area contributed by atoms with Gasteiger partial charge in [-0.05, 0) is 12.2 Å². The maximum atomic E-state index is 11.0. The standard InChI is InChI=1S/C10H14O4S2.C4H6O2/c1-3-7(13-9(11)5-15)8(4-2)14-10(12)6-16;1-3-4(5)6-2/h3-4,7-8,15-16H,1-2,5-6H2;3H,1H2,2H3. The van der Waals surface area contributed by atoms with Crippen LogP contribution in [0.5, 0.6) is 0 Å². The first-order valence-corrected chi connectivity index (χ1v) is 7.22. The summed E-state index contributed by atoms with van der Waals surface area (Å²) < 4.78 is 14.0. The monoisotopic (exact) mass is 348 g/mol. The van der Waals surface area contributed by atoms with Crippen molar-refractivity contribution in [3.05, 3.63) is 38.0 Å². The van der Waals surface area contributed by atoms with E-state index in [0.717, 1.165) is 6.08 Å². The highest BCUT2D eigenvalue weighted by Gasteiger charge is 2.22. The van der Waals surface area contributed by atoms with Gasteiger partial charge in [0.15, 0.2) is 12.2 Å². The van der Waals surface area contributed by atoms with Crippen molar-refractivity contribution in [3.63, 3.8) is 0 Å². The van der Waals surface area contributed by atoms with Crippen molar-refractivity contribution in [1.82, 2.24) is 0 Å². The molecule has 0 aliphatic carbocycles. The van der Waals surface area contributed by atoms with Crippen LogP contribution in [-0.4, -0.2) is 48.7 Å². The summed E-state index contributed by atoms with van der Waals surface area (Å²) in [6, 6.07) is 0. The Bertz CT molecular complexity index is 380. The molecule has 0 amide bonds. The summed E-state index contributed by atoms with van der Waals surface area (Å²) >= 11 is 7.52. The van der Waals surface area contributed by atoms with Gasteiger partial charge in [0.05, 0.1) is 18.6 Å². The van der Waals surface area contributed by atoms with Gasteiger partial charge < -0.3 is 14.2 Å². The Labute approximate surface area is 141 Å². The minimum Gasteiger partial charge on any atom is -0.466 e. The lowest BCUT2D eigenvalue weighted by molar-refractivity contribution is -0.157. The van der Waals surface area contributed by atoms with Crippen LogP contribution in [0.4, 0.5) is 0 Å². The van der Waals surface area contributed by atoms with E-state index in [0.29, 0.717) is 0 Å². The molecule has 0 aliphatic heterocycles. The van der Waals surface area contributed by atoms with Crippen LogP contribution in [0.3, 0.4) is 0 Å². The smallest absolute Gasteiger partial charge is 0.329 e. The molecule has 0 rings (SSSR count). The number of methoxy groups -OCH3 is 1. The molecule has 0 aliphatic rings. The van der Waals surface area contributed by atoms with E-state index in [9.17, 15) is 14.4 Å². The zero-order valence-corrected chi connectivity index (χ0v) is 14.1. The lowest BCUT2D eigenvalue weighted by Gasteiger charge is -2.21. The summed E-state index contributed by atoms with van der Waals surface area (Å²) in [5.41, 5.74) is 0. The van der Waals surface area contributed by atoms with Gasteiger partial charge in [-0.3, -0.25) is 9.59 Å². The van der Waals surface area contributed by atoms with Crippen molar-refractivity contribution in [1.29, 1.82) is 0 Å². The van der Waals surface area contributed by atoms with Gasteiger partial charge in [-0.25, -0.2) is 4.79 Å². The predicted octanol–water partition coefficient (Wildman–Crippen LogP) is 1.39. The van der Waals surface area contributed by atoms with E-state index in [2.05, 4.69) is 49.7 Å². The third-order valence-corrected chi connectivity index (χ3v) is 2.47. The zero-order chi connectivity index (χ0) is 17.5. The van der Waals surface area contributed by atoms with Crippen molar-refractivity contribution in [2.45, 2.75) is 12.2 Å². The number of hydrogen-bond donors (Lipinski definition) is 2. The molecule has 0 aromatic heterocycles. The summed E-state index contributed by atoms with van der Waals surface area (Å²) in [4.78, 5) is 31.9. The predicted molar refractivity (Wildman–Crippen MR) is 90.1 cm³/mol. The number of rotatable bonds is 8. The Kier molecular flexibility index (Phi) is 14.7. The molecular weight excluding hydrogens is 328 g/mol. The fourth-order valence-corrected chi connectivity index (χ4v) is 1.11. The van der Waals surface area contributed by atoms with E-state index in [1.165, 1.54) is 19.3 Å². The summed E-state index contributed by atoms with van der Waals surface area (Å²) in [5.74, 6) is -1.57. The van der Waals surface area contributed by atoms with Crippen LogP contribution in [0.2, 0.25) is 0 Å². The molecule has 6 nitrogen and oxygen atoms in total. The van der Waals surface area contributed by atoms with Crippen molar-refractivity contribution in [2.24, 2.45) is 0 Å². The van der Waals surface area contributed by atoms with E-state index < -0.39 is 30.1 Å². The van der Waals surface area contributed by atoms with Gasteiger partial charge in [-0.15, -0.1) is 0 Å². The number of thiol groups is 2. The third kappa shape index (κ3) is 11.0. The molecule has 0 N–H and O–H groups in total. The second kappa shape index (κ2) is 14.3. The third-order valence-electron chi connectivity index (χ3n) is 1.95. The lowest BCUT2D eigenvalue weighted by Crippen LogP contribution is -2.33. The second-order valence-electron chi connectivity index (χ2n) is 3.42. The molecule has 0 heterocycles. The molecule has 8 heteroatoms. The number of esters is 3. The molecule has 0 saturated carbocycles. The van der Waals surface area contributed by atoms with Gasteiger partial charge in [0.1, 0.15) is 0 Å². The van der Waals surface area contributed by atoms with Gasteiger partial charge in [0.2, 0.25) is 0 Å². The Hall–Kier alpha value is -1.67. The van der Waals surface area contributed by atoms with Crippen LogP contribution in [-0.2, 0) is 28.6 Å². The number of carbonyl (C=O) groups excluding carboxylic acids is 3. The summed E-state index contributed by atoms with van der Waals surface area (Å²) in [6.45, 7) is 10.1. The van der Waals surface area contributed by atoms with Crippen LogP contribution < -0.4 is 0 Å². The highest BCUT2D eigenvalue weighted by Crippen LogP contribution is 2.08. The minimum absolute atomic E-state index is 0.0608. The molecule has 0 radical (unpaired) electrons. The minimum atomic E-state index is -0.763. The Morgan fingerprint density at radius 1 is 0.955 bits per heavy atom. The van der Waals surface area contributed by atoms with E-state index in [1.807, 2.05) is 0 Å². The van der Waals surface area contributed by atoms with Crippen LogP contribution in [0.15, 0.2) is 38.0 Å². The van der Waals surface area contributed by atoms with Gasteiger partial charge in [0, 0.05) is 6.08 Å². The number of ether oxygens (including phenoxy) is 3. The van der Waals surface area contributed by atoms with E-state index >= 15 is 0 Å². The number of hydrogen-bond acceptors (Lipinski definition) is 8. The van der Waals surface area contributed by atoms with Gasteiger partial charge >= 0.3 is 17.9 Å². The van der Waals surface area contributed by atoms with E-state index in [4.69, 9.17) is 9.47 Å². The highest BCUT2D eigenvalue weighted by molar-refractivity contribution is 7.81. The molecule has 2 atom stereocenters. The van der Waals surface area contributed by atoms with Gasteiger partial charge in [0.25, 0.3) is 0 Å². The molecular formula is C14H20O6S2. The maximum Gasteiger partial charge on any atom is 0.329 e. The SMILES string of the molecule is C=CC(=O)OC.C=CC(OC(=O)CS)C(C=C)OC(=O)CS. The van der Waals surface area contributed by atoms with E-state index in [-0.39, 0.29) is 11.5 Å². The van der Waals surface area contributed by atoms with Gasteiger partial charge in [-0.1, -0.05) is 19.7 Å².